The molecule has 17 heavy (non-hydrogen) atoms. The number of ether oxygens (including phenoxy) is 1. The van der Waals surface area contributed by atoms with Crippen molar-refractivity contribution in [3.8, 4) is 0 Å². The smallest absolute Gasteiger partial charge is 0.165 e. The van der Waals surface area contributed by atoms with Crippen molar-refractivity contribution in [1.82, 2.24) is 0 Å². The van der Waals surface area contributed by atoms with Gasteiger partial charge in [0.1, 0.15) is 6.10 Å². The van der Waals surface area contributed by atoms with Gasteiger partial charge in [-0.15, -0.1) is 0 Å². The third-order valence-corrected chi connectivity index (χ3v) is 4.08. The molecule has 0 aliphatic heterocycles. The maximum Gasteiger partial charge on any atom is 0.165 e. The normalized spacial score (nSPS) is 27.8. The molecule has 0 heterocycles. The van der Waals surface area contributed by atoms with Crippen molar-refractivity contribution in [3.05, 3.63) is 0 Å². The highest BCUT2D eigenvalue weighted by Gasteiger charge is 2.39. The van der Waals surface area contributed by atoms with Crippen LogP contribution in [0.5, 0.6) is 0 Å². The van der Waals surface area contributed by atoms with Gasteiger partial charge in [-0.3, -0.25) is 4.79 Å². The van der Waals surface area contributed by atoms with Crippen molar-refractivity contribution in [1.29, 1.82) is 0 Å². The van der Waals surface area contributed by atoms with Crippen LogP contribution < -0.4 is 0 Å². The van der Waals surface area contributed by atoms with Gasteiger partial charge in [-0.25, -0.2) is 0 Å². The first-order valence-corrected chi connectivity index (χ1v) is 6.98. The first-order chi connectivity index (χ1) is 7.91. The molecule has 1 rings (SSSR count). The largest absolute Gasteiger partial charge is 0.373 e. The van der Waals surface area contributed by atoms with Crippen LogP contribution in [-0.2, 0) is 9.53 Å². The highest BCUT2D eigenvalue weighted by atomic mass is 16.5. The van der Waals surface area contributed by atoms with Crippen molar-refractivity contribution >= 4 is 5.78 Å². The average molecular weight is 240 g/mol. The molecule has 3 unspecified atom stereocenters. The summed E-state index contributed by atoms with van der Waals surface area (Å²) >= 11 is 0. The summed E-state index contributed by atoms with van der Waals surface area (Å²) in [6, 6.07) is 0. The monoisotopic (exact) mass is 240 g/mol. The standard InChI is InChI=1S/C15H28O2/c1-6-11-9-7-8-10-12(11)13(16)14(17-5)15(2,3)4/h11-12,14H,6-10H2,1-5H3. The van der Waals surface area contributed by atoms with Crippen LogP contribution in [0.25, 0.3) is 0 Å². The zero-order valence-electron chi connectivity index (χ0n) is 12.1. The van der Waals surface area contributed by atoms with Crippen LogP contribution >= 0.6 is 0 Å². The van der Waals surface area contributed by atoms with E-state index in [2.05, 4.69) is 27.7 Å². The topological polar surface area (TPSA) is 26.3 Å². The Hall–Kier alpha value is -0.370. The Balaban J connectivity index is 2.78. The van der Waals surface area contributed by atoms with E-state index in [-0.39, 0.29) is 17.4 Å². The van der Waals surface area contributed by atoms with Crippen molar-refractivity contribution in [2.75, 3.05) is 7.11 Å². The minimum absolute atomic E-state index is 0.0957. The summed E-state index contributed by atoms with van der Waals surface area (Å²) in [6.45, 7) is 8.46. The van der Waals surface area contributed by atoms with Crippen molar-refractivity contribution in [3.63, 3.8) is 0 Å². The molecule has 0 aromatic carbocycles. The second kappa shape index (κ2) is 5.99. The number of methoxy groups -OCH3 is 1. The van der Waals surface area contributed by atoms with Crippen molar-refractivity contribution < 1.29 is 9.53 Å². The summed E-state index contributed by atoms with van der Waals surface area (Å²) in [6.07, 6.45) is 5.64. The Morgan fingerprint density at radius 2 is 1.88 bits per heavy atom. The maximum atomic E-state index is 12.6. The van der Waals surface area contributed by atoms with E-state index < -0.39 is 0 Å². The van der Waals surface area contributed by atoms with E-state index in [1.165, 1.54) is 19.3 Å². The average Bonchev–Trinajstić information content (AvgIpc) is 2.27. The predicted octanol–water partition coefficient (Wildman–Crippen LogP) is 3.83. The molecular weight excluding hydrogens is 212 g/mol. The molecule has 0 amide bonds. The number of ketones is 1. The number of Topliss-reactive ketones (excluding diaryl/α,β-unsaturated/α-hetero) is 1. The fourth-order valence-corrected chi connectivity index (χ4v) is 3.16. The van der Waals surface area contributed by atoms with Gasteiger partial charge in [0.05, 0.1) is 0 Å². The number of carbonyl (C=O) groups excluding carboxylic acids is 1. The Morgan fingerprint density at radius 3 is 2.35 bits per heavy atom. The molecule has 1 aliphatic carbocycles. The molecule has 0 aromatic rings. The van der Waals surface area contributed by atoms with E-state index in [9.17, 15) is 4.79 Å². The second-order valence-electron chi connectivity index (χ2n) is 6.44. The van der Waals surface area contributed by atoms with Gasteiger partial charge in [-0.1, -0.05) is 47.0 Å². The Kier molecular flexibility index (Phi) is 5.18. The molecule has 0 bridgehead atoms. The van der Waals surface area contributed by atoms with Gasteiger partial charge in [-0.05, 0) is 24.2 Å². The highest BCUT2D eigenvalue weighted by Crippen LogP contribution is 2.36. The van der Waals surface area contributed by atoms with Crippen LogP contribution in [0.2, 0.25) is 0 Å². The lowest BCUT2D eigenvalue weighted by molar-refractivity contribution is -0.142. The Bertz CT molecular complexity index is 252. The van der Waals surface area contributed by atoms with Crippen LogP contribution in [-0.4, -0.2) is 19.0 Å². The lowest BCUT2D eigenvalue weighted by Gasteiger charge is -2.36. The zero-order valence-corrected chi connectivity index (χ0v) is 12.1. The van der Waals surface area contributed by atoms with E-state index >= 15 is 0 Å². The van der Waals surface area contributed by atoms with Gasteiger partial charge in [0.15, 0.2) is 5.78 Å². The molecule has 0 N–H and O–H groups in total. The summed E-state index contributed by atoms with van der Waals surface area (Å²) in [5, 5.41) is 0. The van der Waals surface area contributed by atoms with Crippen LogP contribution in [0.15, 0.2) is 0 Å². The quantitative estimate of drug-likeness (QED) is 0.746. The minimum atomic E-state index is -0.250. The van der Waals surface area contributed by atoms with Crippen molar-refractivity contribution in [2.24, 2.45) is 17.3 Å². The summed E-state index contributed by atoms with van der Waals surface area (Å²) in [7, 11) is 1.66. The lowest BCUT2D eigenvalue weighted by atomic mass is 9.71. The highest BCUT2D eigenvalue weighted by molar-refractivity contribution is 5.86. The zero-order chi connectivity index (χ0) is 13.1. The Labute approximate surface area is 106 Å². The van der Waals surface area contributed by atoms with Gasteiger partial charge in [0.2, 0.25) is 0 Å². The number of rotatable bonds is 4. The molecule has 1 fully saturated rings. The van der Waals surface area contributed by atoms with E-state index in [1.54, 1.807) is 7.11 Å². The van der Waals surface area contributed by atoms with Gasteiger partial charge in [0, 0.05) is 13.0 Å². The summed E-state index contributed by atoms with van der Waals surface area (Å²) < 4.78 is 5.47. The lowest BCUT2D eigenvalue weighted by Crippen LogP contribution is -2.42. The fourth-order valence-electron chi connectivity index (χ4n) is 3.16. The number of hydrogen-bond acceptors (Lipinski definition) is 2. The predicted molar refractivity (Wildman–Crippen MR) is 71.0 cm³/mol. The van der Waals surface area contributed by atoms with Gasteiger partial charge in [0.25, 0.3) is 0 Å². The van der Waals surface area contributed by atoms with Gasteiger partial charge < -0.3 is 4.74 Å². The minimum Gasteiger partial charge on any atom is -0.373 e. The van der Waals surface area contributed by atoms with Crippen LogP contribution in [0.3, 0.4) is 0 Å². The van der Waals surface area contributed by atoms with Gasteiger partial charge in [-0.2, -0.15) is 0 Å². The van der Waals surface area contributed by atoms with Crippen molar-refractivity contribution in [2.45, 2.75) is 65.9 Å². The van der Waals surface area contributed by atoms with E-state index in [1.807, 2.05) is 0 Å². The molecule has 100 valence electrons. The summed E-state index contributed by atoms with van der Waals surface area (Å²) in [5.74, 6) is 1.15. The molecule has 0 radical (unpaired) electrons. The molecule has 0 spiro atoms. The Morgan fingerprint density at radius 1 is 1.29 bits per heavy atom. The maximum absolute atomic E-state index is 12.6. The SMILES string of the molecule is CCC1CCCCC1C(=O)C(OC)C(C)(C)C. The molecule has 1 aliphatic rings. The molecular formula is C15H28O2. The van der Waals surface area contributed by atoms with E-state index in [4.69, 9.17) is 4.74 Å². The van der Waals surface area contributed by atoms with E-state index in [0.717, 1.165) is 12.8 Å². The first kappa shape index (κ1) is 14.7. The summed E-state index contributed by atoms with van der Waals surface area (Å²) in [5.41, 5.74) is -0.0957. The third kappa shape index (κ3) is 3.54. The molecule has 0 saturated heterocycles. The van der Waals surface area contributed by atoms with E-state index in [0.29, 0.717) is 11.7 Å². The molecule has 1 saturated carbocycles. The first-order valence-electron chi connectivity index (χ1n) is 6.98. The number of carbonyl (C=O) groups is 1. The summed E-state index contributed by atoms with van der Waals surface area (Å²) in [4.78, 5) is 12.6. The van der Waals surface area contributed by atoms with Crippen LogP contribution in [0, 0.1) is 17.3 Å². The molecule has 0 aromatic heterocycles. The second-order valence-corrected chi connectivity index (χ2v) is 6.44. The fraction of sp³-hybridized carbons (Fsp3) is 0.933. The van der Waals surface area contributed by atoms with Crippen LogP contribution in [0.1, 0.15) is 59.8 Å². The molecule has 3 atom stereocenters. The number of hydrogen-bond donors (Lipinski definition) is 0. The third-order valence-electron chi connectivity index (χ3n) is 4.08. The molecule has 2 heteroatoms. The van der Waals surface area contributed by atoms with Crippen LogP contribution in [0.4, 0.5) is 0 Å². The van der Waals surface area contributed by atoms with Gasteiger partial charge >= 0.3 is 0 Å². The molecule has 2 nitrogen and oxygen atoms in total.